The van der Waals surface area contributed by atoms with Crippen LogP contribution in [-0.2, 0) is 0 Å². The second-order valence-electron chi connectivity index (χ2n) is 2.67. The zero-order chi connectivity index (χ0) is 12.1. The van der Waals surface area contributed by atoms with Crippen molar-refractivity contribution in [1.29, 1.82) is 10.5 Å². The van der Waals surface area contributed by atoms with Gasteiger partial charge in [0.15, 0.2) is 0 Å². The van der Waals surface area contributed by atoms with E-state index in [1.165, 1.54) is 0 Å². The molecule has 0 radical (unpaired) electrons. The number of nitrogens with zero attached hydrogens (tertiary/aromatic N) is 2. The molecule has 0 amide bonds. The minimum Gasteiger partial charge on any atom is -0.357 e. The van der Waals surface area contributed by atoms with E-state index in [1.54, 1.807) is 12.1 Å². The highest BCUT2D eigenvalue weighted by atomic mass is 35.5. The minimum absolute atomic E-state index is 0.0662. The zero-order valence-electron chi connectivity index (χ0n) is 7.76. The summed E-state index contributed by atoms with van der Waals surface area (Å²) in [6, 6.07) is 5.44. The molecule has 0 aliphatic heterocycles. The van der Waals surface area contributed by atoms with Crippen molar-refractivity contribution in [2.75, 3.05) is 5.32 Å². The van der Waals surface area contributed by atoms with Gasteiger partial charge in [0.25, 0.3) is 0 Å². The normalized spacial score (nSPS) is 8.81. The Hall–Kier alpha value is -1.75. The van der Waals surface area contributed by atoms with Crippen molar-refractivity contribution >= 4 is 28.9 Å². The third kappa shape index (κ3) is 2.87. The van der Waals surface area contributed by atoms with Crippen LogP contribution in [0.1, 0.15) is 0 Å². The van der Waals surface area contributed by atoms with Gasteiger partial charge in [-0.15, -0.1) is 0 Å². The smallest absolute Gasteiger partial charge is 0.145 e. The largest absolute Gasteiger partial charge is 0.357 e. The predicted octanol–water partition coefficient (Wildman–Crippen LogP) is 3.48. The molecular weight excluding hydrogens is 252 g/mol. The average Bonchev–Trinajstić information content (AvgIpc) is 2.22. The maximum atomic E-state index is 12.8. The topological polar surface area (TPSA) is 59.6 Å². The van der Waals surface area contributed by atoms with Crippen LogP contribution >= 0.6 is 23.2 Å². The molecule has 1 aromatic rings. The van der Waals surface area contributed by atoms with Crippen LogP contribution in [0.2, 0.25) is 10.0 Å². The van der Waals surface area contributed by atoms with Crippen LogP contribution in [0.25, 0.3) is 0 Å². The number of nitrogens with one attached hydrogen (secondary N) is 1. The van der Waals surface area contributed by atoms with E-state index >= 15 is 0 Å². The fourth-order valence-corrected chi connectivity index (χ4v) is 1.48. The Bertz CT molecular complexity index is 487. The summed E-state index contributed by atoms with van der Waals surface area (Å²) in [6.07, 6.45) is 1.14. The molecule has 1 N–H and O–H groups in total. The quantitative estimate of drug-likeness (QED) is 0.824. The van der Waals surface area contributed by atoms with Crippen LogP contribution in [-0.4, -0.2) is 0 Å². The first kappa shape index (κ1) is 12.3. The van der Waals surface area contributed by atoms with Gasteiger partial charge in [-0.1, -0.05) is 23.2 Å². The SMILES string of the molecule is N#CC(C#N)=CNc1c(Cl)cc(F)cc1Cl. The highest BCUT2D eigenvalue weighted by Gasteiger charge is 2.07. The summed E-state index contributed by atoms with van der Waals surface area (Å²) in [6.45, 7) is 0. The molecule has 0 heterocycles. The van der Waals surface area contributed by atoms with E-state index in [0.29, 0.717) is 0 Å². The fourth-order valence-electron chi connectivity index (χ4n) is 0.914. The Labute approximate surface area is 101 Å². The Morgan fingerprint density at radius 1 is 1.25 bits per heavy atom. The van der Waals surface area contributed by atoms with Gasteiger partial charge in [-0.2, -0.15) is 10.5 Å². The van der Waals surface area contributed by atoms with Gasteiger partial charge in [-0.3, -0.25) is 0 Å². The zero-order valence-corrected chi connectivity index (χ0v) is 9.27. The van der Waals surface area contributed by atoms with Crippen molar-refractivity contribution in [3.63, 3.8) is 0 Å². The molecule has 0 fully saturated rings. The third-order valence-corrected chi connectivity index (χ3v) is 2.20. The van der Waals surface area contributed by atoms with E-state index < -0.39 is 5.82 Å². The van der Waals surface area contributed by atoms with Crippen molar-refractivity contribution < 1.29 is 4.39 Å². The van der Waals surface area contributed by atoms with Crippen molar-refractivity contribution in [1.82, 2.24) is 0 Å². The summed E-state index contributed by atoms with van der Waals surface area (Å²) in [5.74, 6) is -0.565. The van der Waals surface area contributed by atoms with E-state index in [-0.39, 0.29) is 21.3 Å². The number of hydrogen-bond donors (Lipinski definition) is 1. The van der Waals surface area contributed by atoms with E-state index in [4.69, 9.17) is 33.7 Å². The Morgan fingerprint density at radius 3 is 2.19 bits per heavy atom. The molecule has 1 rings (SSSR count). The molecule has 80 valence electrons. The summed E-state index contributed by atoms with van der Waals surface area (Å²) < 4.78 is 12.8. The number of halogens is 3. The minimum atomic E-state index is -0.565. The van der Waals surface area contributed by atoms with Crippen LogP contribution < -0.4 is 5.32 Å². The number of rotatable bonds is 2. The molecule has 0 bridgehead atoms. The molecule has 6 heteroatoms. The summed E-state index contributed by atoms with van der Waals surface area (Å²) >= 11 is 11.4. The lowest BCUT2D eigenvalue weighted by atomic mass is 10.3. The van der Waals surface area contributed by atoms with Crippen LogP contribution in [0.15, 0.2) is 23.9 Å². The molecule has 0 aliphatic rings. The second-order valence-corrected chi connectivity index (χ2v) is 3.48. The Morgan fingerprint density at radius 2 is 1.75 bits per heavy atom. The van der Waals surface area contributed by atoms with Gasteiger partial charge in [0.2, 0.25) is 0 Å². The van der Waals surface area contributed by atoms with Crippen molar-refractivity contribution in [2.24, 2.45) is 0 Å². The van der Waals surface area contributed by atoms with E-state index in [2.05, 4.69) is 5.32 Å². The molecule has 0 aliphatic carbocycles. The number of allylic oxidation sites excluding steroid dienone is 1. The first-order valence-electron chi connectivity index (χ1n) is 4.00. The Balaban J connectivity index is 3.05. The van der Waals surface area contributed by atoms with Crippen LogP contribution in [0.3, 0.4) is 0 Å². The first-order chi connectivity index (χ1) is 7.58. The average molecular weight is 256 g/mol. The first-order valence-corrected chi connectivity index (χ1v) is 4.75. The molecule has 3 nitrogen and oxygen atoms in total. The van der Waals surface area contributed by atoms with E-state index in [9.17, 15) is 4.39 Å². The van der Waals surface area contributed by atoms with Gasteiger partial charge in [-0.05, 0) is 12.1 Å². The molecule has 0 atom stereocenters. The van der Waals surface area contributed by atoms with Crippen molar-refractivity contribution in [2.45, 2.75) is 0 Å². The van der Waals surface area contributed by atoms with E-state index in [0.717, 1.165) is 18.3 Å². The highest BCUT2D eigenvalue weighted by molar-refractivity contribution is 6.39. The van der Waals surface area contributed by atoms with Gasteiger partial charge in [-0.25, -0.2) is 4.39 Å². The molecule has 0 saturated heterocycles. The Kier molecular flexibility index (Phi) is 4.13. The maximum Gasteiger partial charge on any atom is 0.145 e. The molecular formula is C10H4Cl2FN3. The summed E-state index contributed by atoms with van der Waals surface area (Å²) in [5.41, 5.74) is 0.101. The number of benzene rings is 1. The standard InChI is InChI=1S/C10H4Cl2FN3/c11-8-1-7(13)2-9(12)10(8)16-5-6(3-14)4-15/h1-2,5,16H. The molecule has 0 spiro atoms. The predicted molar refractivity (Wildman–Crippen MR) is 59.4 cm³/mol. The molecule has 0 saturated carbocycles. The van der Waals surface area contributed by atoms with Gasteiger partial charge in [0.05, 0.1) is 15.7 Å². The van der Waals surface area contributed by atoms with Gasteiger partial charge < -0.3 is 5.32 Å². The maximum absolute atomic E-state index is 12.8. The second kappa shape index (κ2) is 5.37. The summed E-state index contributed by atoms with van der Waals surface area (Å²) in [4.78, 5) is 0. The molecule has 1 aromatic carbocycles. The number of hydrogen-bond acceptors (Lipinski definition) is 3. The highest BCUT2D eigenvalue weighted by Crippen LogP contribution is 2.31. The molecule has 16 heavy (non-hydrogen) atoms. The number of nitriles is 2. The van der Waals surface area contributed by atoms with Crippen LogP contribution in [0.5, 0.6) is 0 Å². The summed E-state index contributed by atoms with van der Waals surface area (Å²) in [7, 11) is 0. The van der Waals surface area contributed by atoms with Crippen LogP contribution in [0, 0.1) is 28.5 Å². The number of anilines is 1. The van der Waals surface area contributed by atoms with Gasteiger partial charge in [0, 0.05) is 6.20 Å². The molecule has 0 aromatic heterocycles. The van der Waals surface area contributed by atoms with E-state index in [1.807, 2.05) is 0 Å². The third-order valence-electron chi connectivity index (χ3n) is 1.61. The van der Waals surface area contributed by atoms with Gasteiger partial charge >= 0.3 is 0 Å². The van der Waals surface area contributed by atoms with Gasteiger partial charge in [0.1, 0.15) is 23.5 Å². The summed E-state index contributed by atoms with van der Waals surface area (Å²) in [5, 5.41) is 19.7. The van der Waals surface area contributed by atoms with Crippen molar-refractivity contribution in [3.05, 3.63) is 39.8 Å². The monoisotopic (exact) mass is 255 g/mol. The lowest BCUT2D eigenvalue weighted by Gasteiger charge is -2.06. The van der Waals surface area contributed by atoms with Crippen molar-refractivity contribution in [3.8, 4) is 12.1 Å². The fraction of sp³-hybridized carbons (Fsp3) is 0. The van der Waals surface area contributed by atoms with Crippen LogP contribution in [0.4, 0.5) is 10.1 Å². The lowest BCUT2D eigenvalue weighted by molar-refractivity contribution is 0.628. The molecule has 0 unspecified atom stereocenters. The lowest BCUT2D eigenvalue weighted by Crippen LogP contribution is -1.93.